The maximum atomic E-state index is 11.9. The normalized spacial score (nSPS) is 23.8. The molecule has 6 rings (SSSR count). The van der Waals surface area contributed by atoms with Gasteiger partial charge in [-0.3, -0.25) is 4.79 Å². The van der Waals surface area contributed by atoms with Gasteiger partial charge in [0, 0.05) is 75.9 Å². The van der Waals surface area contributed by atoms with E-state index in [4.69, 9.17) is 4.74 Å². The number of hydrogen-bond donors (Lipinski definition) is 3. The van der Waals surface area contributed by atoms with E-state index in [1.54, 1.807) is 35.8 Å². The monoisotopic (exact) mass is 578 g/mol. The van der Waals surface area contributed by atoms with Gasteiger partial charge in [0.2, 0.25) is 5.56 Å². The van der Waals surface area contributed by atoms with Crippen LogP contribution in [0, 0.1) is 11.8 Å². The Morgan fingerprint density at radius 1 is 1.05 bits per heavy atom. The Kier molecular flexibility index (Phi) is 8.46. The summed E-state index contributed by atoms with van der Waals surface area (Å²) in [7, 11) is 0. The maximum absolute atomic E-state index is 11.9. The molecule has 4 unspecified atom stereocenters. The Labute approximate surface area is 244 Å². The summed E-state index contributed by atoms with van der Waals surface area (Å²) in [5, 5.41) is 13.7. The van der Waals surface area contributed by atoms with E-state index in [-0.39, 0.29) is 24.3 Å². The van der Waals surface area contributed by atoms with Crippen molar-refractivity contribution in [3.05, 3.63) is 70.6 Å². The largest absolute Gasteiger partial charge is 0.394 e. The fourth-order valence-corrected chi connectivity index (χ4v) is 8.76. The molecule has 2 fully saturated rings. The average molecular weight is 579 g/mol. The number of pyridine rings is 1. The molecule has 0 saturated carbocycles. The third-order valence-electron chi connectivity index (χ3n) is 7.94. The quantitative estimate of drug-likeness (QED) is 0.272. The molecule has 0 spiro atoms. The van der Waals surface area contributed by atoms with Crippen LogP contribution in [-0.2, 0) is 4.74 Å². The van der Waals surface area contributed by atoms with Crippen LogP contribution in [0.3, 0.4) is 0 Å². The molecule has 212 valence electrons. The first-order valence-electron chi connectivity index (χ1n) is 14.2. The third-order valence-corrected chi connectivity index (χ3v) is 10.5. The molecule has 2 saturated heterocycles. The fraction of sp³-hybridized carbons (Fsp3) is 0.452. The summed E-state index contributed by atoms with van der Waals surface area (Å²) in [5.74, 6) is 1.41. The van der Waals surface area contributed by atoms with Gasteiger partial charge < -0.3 is 29.9 Å². The molecule has 9 heteroatoms. The number of rotatable bonds is 7. The zero-order valence-corrected chi connectivity index (χ0v) is 24.8. The molecule has 1 aromatic heterocycles. The second-order valence-corrected chi connectivity index (χ2v) is 13.6. The zero-order chi connectivity index (χ0) is 27.6. The molecular weight excluding hydrogens is 541 g/mol. The van der Waals surface area contributed by atoms with Crippen LogP contribution in [0.2, 0.25) is 0 Å². The van der Waals surface area contributed by atoms with Gasteiger partial charge in [0.05, 0.1) is 19.3 Å². The summed E-state index contributed by atoms with van der Waals surface area (Å²) >= 11 is 3.60. The highest BCUT2D eigenvalue weighted by Crippen LogP contribution is 2.51. The van der Waals surface area contributed by atoms with Crippen LogP contribution < -0.4 is 15.8 Å². The molecule has 3 aromatic rings. The molecule has 4 heterocycles. The van der Waals surface area contributed by atoms with Crippen LogP contribution in [0.25, 0.3) is 0 Å². The smallest absolute Gasteiger partial charge is 0.249 e. The number of aromatic amines is 1. The van der Waals surface area contributed by atoms with Crippen LogP contribution in [-0.4, -0.2) is 67.0 Å². The van der Waals surface area contributed by atoms with E-state index in [2.05, 4.69) is 70.3 Å². The van der Waals surface area contributed by atoms with Gasteiger partial charge in [-0.05, 0) is 54.2 Å². The van der Waals surface area contributed by atoms with E-state index in [0.29, 0.717) is 25.0 Å². The van der Waals surface area contributed by atoms with Crippen molar-refractivity contribution in [2.24, 2.45) is 11.8 Å². The van der Waals surface area contributed by atoms with Crippen LogP contribution in [0.15, 0.2) is 79.1 Å². The second kappa shape index (κ2) is 12.2. The number of anilines is 2. The number of aliphatic hydroxyl groups excluding tert-OH is 1. The van der Waals surface area contributed by atoms with Crippen molar-refractivity contribution in [2.45, 2.75) is 52.0 Å². The fourth-order valence-electron chi connectivity index (χ4n) is 6.31. The predicted molar refractivity (Wildman–Crippen MR) is 163 cm³/mol. The molecule has 0 aliphatic carbocycles. The number of nitrogens with zero attached hydrogens (tertiary/aromatic N) is 2. The Balaban J connectivity index is 1.16. The Bertz CT molecular complexity index is 1390. The lowest BCUT2D eigenvalue weighted by Gasteiger charge is -2.37. The average Bonchev–Trinajstić information content (AvgIpc) is 2.95. The number of nitrogens with one attached hydrogen (secondary N) is 2. The minimum absolute atomic E-state index is 0.00211. The first-order valence-corrected chi connectivity index (χ1v) is 15.9. The van der Waals surface area contributed by atoms with Crippen molar-refractivity contribution < 1.29 is 9.84 Å². The summed E-state index contributed by atoms with van der Waals surface area (Å²) in [5.41, 5.74) is 3.09. The minimum atomic E-state index is -0.0870. The number of piperidine rings is 1. The molecule has 0 amide bonds. The summed E-state index contributed by atoms with van der Waals surface area (Å²) in [6.45, 7) is 9.91. The lowest BCUT2D eigenvalue weighted by atomic mass is 9.91. The Morgan fingerprint density at radius 2 is 1.90 bits per heavy atom. The number of fused-ring (bicyclic) bond motifs is 2. The van der Waals surface area contributed by atoms with Crippen molar-refractivity contribution in [3.63, 3.8) is 0 Å². The van der Waals surface area contributed by atoms with Crippen molar-refractivity contribution >= 4 is 34.9 Å². The number of likely N-dealkylation sites (tertiary alicyclic amines) is 1. The van der Waals surface area contributed by atoms with E-state index in [1.807, 2.05) is 6.07 Å². The van der Waals surface area contributed by atoms with Crippen LogP contribution >= 0.6 is 23.5 Å². The summed E-state index contributed by atoms with van der Waals surface area (Å²) in [6.07, 6.45) is 2.93. The highest BCUT2D eigenvalue weighted by atomic mass is 32.2. The summed E-state index contributed by atoms with van der Waals surface area (Å²) in [4.78, 5) is 24.3. The topological polar surface area (TPSA) is 80.8 Å². The molecule has 4 atom stereocenters. The van der Waals surface area contributed by atoms with Gasteiger partial charge >= 0.3 is 0 Å². The minimum Gasteiger partial charge on any atom is -0.394 e. The number of H-pyrrole nitrogens is 1. The predicted octanol–water partition coefficient (Wildman–Crippen LogP) is 5.32. The number of morpholine rings is 1. The van der Waals surface area contributed by atoms with Gasteiger partial charge in [0.25, 0.3) is 0 Å². The zero-order valence-electron chi connectivity index (χ0n) is 23.1. The van der Waals surface area contributed by atoms with Gasteiger partial charge in [-0.2, -0.15) is 0 Å². The van der Waals surface area contributed by atoms with E-state index < -0.39 is 0 Å². The van der Waals surface area contributed by atoms with Crippen LogP contribution in [0.1, 0.15) is 31.9 Å². The molecule has 7 nitrogen and oxygen atoms in total. The molecule has 3 aliphatic heterocycles. The van der Waals surface area contributed by atoms with E-state index in [0.717, 1.165) is 37.6 Å². The highest BCUT2D eigenvalue weighted by molar-refractivity contribution is 8.05. The first kappa shape index (κ1) is 27.7. The van der Waals surface area contributed by atoms with Crippen molar-refractivity contribution in [2.75, 3.05) is 56.2 Å². The molecule has 3 N–H and O–H groups in total. The lowest BCUT2D eigenvalue weighted by molar-refractivity contribution is 0.0379. The van der Waals surface area contributed by atoms with Crippen molar-refractivity contribution in [1.82, 2.24) is 9.88 Å². The van der Waals surface area contributed by atoms with Gasteiger partial charge in [-0.15, -0.1) is 0 Å². The summed E-state index contributed by atoms with van der Waals surface area (Å²) < 4.78 is 6.26. The third kappa shape index (κ3) is 6.24. The van der Waals surface area contributed by atoms with Crippen molar-refractivity contribution in [1.29, 1.82) is 0 Å². The van der Waals surface area contributed by atoms with E-state index in [1.165, 1.54) is 31.6 Å². The van der Waals surface area contributed by atoms with Crippen molar-refractivity contribution in [3.8, 4) is 0 Å². The highest BCUT2D eigenvalue weighted by Gasteiger charge is 2.29. The Hall–Kier alpha value is -2.43. The Morgan fingerprint density at radius 3 is 2.70 bits per heavy atom. The van der Waals surface area contributed by atoms with Gasteiger partial charge in [0.15, 0.2) is 0 Å². The summed E-state index contributed by atoms with van der Waals surface area (Å²) in [6, 6.07) is 16.6. The molecule has 2 aromatic carbocycles. The maximum Gasteiger partial charge on any atom is 0.249 e. The number of hydrogen-bond acceptors (Lipinski definition) is 8. The molecule has 40 heavy (non-hydrogen) atoms. The van der Waals surface area contributed by atoms with Gasteiger partial charge in [-0.1, -0.05) is 49.5 Å². The molecule has 3 aliphatic rings. The number of aliphatic hydroxyl groups is 1. The standard InChI is InChI=1S/C31H38N4O3S2/c1-20-12-21(2)16-34(15-20)17-23(19-36)33-22-6-7-27-29(13-22)39-28-5-3-4-25(31(28)40-27)26-18-35(10-11-38-26)24-8-9-32-30(37)14-24/h3-9,13-14,20-21,23,26,33,36H,10-12,15-19H2,1-2H3,(H,32,37). The van der Waals surface area contributed by atoms with Gasteiger partial charge in [0.1, 0.15) is 6.10 Å². The lowest BCUT2D eigenvalue weighted by Crippen LogP contribution is -2.45. The second-order valence-electron chi connectivity index (χ2n) is 11.4. The first-order chi connectivity index (χ1) is 19.4. The van der Waals surface area contributed by atoms with Crippen LogP contribution in [0.5, 0.6) is 0 Å². The van der Waals surface area contributed by atoms with Crippen LogP contribution in [0.4, 0.5) is 11.4 Å². The molecule has 0 radical (unpaired) electrons. The molecular formula is C31H38N4O3S2. The van der Waals surface area contributed by atoms with E-state index in [9.17, 15) is 9.90 Å². The van der Waals surface area contributed by atoms with Gasteiger partial charge in [-0.25, -0.2) is 0 Å². The number of benzene rings is 2. The van der Waals surface area contributed by atoms with E-state index >= 15 is 0 Å². The SMILES string of the molecule is CC1CC(C)CN(CC(CO)Nc2ccc3c(c2)Sc2cccc(C4CN(c5cc[nH]c(=O)c5)CCO4)c2S3)C1. The number of ether oxygens (including phenoxy) is 1. The molecule has 0 bridgehead atoms. The number of aromatic nitrogens is 1.